The third-order valence-electron chi connectivity index (χ3n) is 2.44. The Hall–Kier alpha value is -1.51. The quantitative estimate of drug-likeness (QED) is 0.761. The molecule has 0 aliphatic rings. The Morgan fingerprint density at radius 3 is 2.60 bits per heavy atom. The van der Waals surface area contributed by atoms with E-state index in [0.29, 0.717) is 6.42 Å². The summed E-state index contributed by atoms with van der Waals surface area (Å²) >= 11 is 0. The van der Waals surface area contributed by atoms with Crippen LogP contribution in [0, 0.1) is 0 Å². The van der Waals surface area contributed by atoms with E-state index in [0.717, 1.165) is 23.2 Å². The van der Waals surface area contributed by atoms with Gasteiger partial charge in [0.15, 0.2) is 0 Å². The Labute approximate surface area is 90.9 Å². The Bertz CT molecular complexity index is 359. The van der Waals surface area contributed by atoms with Crippen molar-refractivity contribution in [3.8, 4) is 0 Å². The minimum absolute atomic E-state index is 0.113. The predicted molar refractivity (Wildman–Crippen MR) is 62.6 cm³/mol. The molecule has 0 saturated carbocycles. The van der Waals surface area contributed by atoms with Gasteiger partial charge in [-0.15, -0.1) is 0 Å². The smallest absolute Gasteiger partial charge is 0.226 e. The van der Waals surface area contributed by atoms with E-state index < -0.39 is 0 Å². The average molecular weight is 206 g/mol. The third kappa shape index (κ3) is 2.98. The molecule has 1 rings (SSSR count). The highest BCUT2D eigenvalue weighted by molar-refractivity contribution is 5.78. The van der Waals surface area contributed by atoms with Gasteiger partial charge < -0.3 is 10.6 Å². The minimum Gasteiger partial charge on any atom is -0.399 e. The van der Waals surface area contributed by atoms with Crippen molar-refractivity contribution < 1.29 is 4.79 Å². The molecule has 0 atom stereocenters. The number of nitrogen functional groups attached to an aromatic ring is 1. The Morgan fingerprint density at radius 2 is 2.07 bits per heavy atom. The normalized spacial score (nSPS) is 10.1. The van der Waals surface area contributed by atoms with Gasteiger partial charge in [-0.25, -0.2) is 0 Å². The molecule has 0 fully saturated rings. The third-order valence-corrected chi connectivity index (χ3v) is 2.44. The zero-order valence-corrected chi connectivity index (χ0v) is 9.58. The van der Waals surface area contributed by atoms with Crippen molar-refractivity contribution in [1.29, 1.82) is 0 Å². The molecular weight excluding hydrogens is 188 g/mol. The van der Waals surface area contributed by atoms with E-state index in [1.54, 1.807) is 19.0 Å². The van der Waals surface area contributed by atoms with Crippen LogP contribution in [0.4, 0.5) is 5.69 Å². The lowest BCUT2D eigenvalue weighted by atomic mass is 10.0. The van der Waals surface area contributed by atoms with Crippen molar-refractivity contribution in [2.45, 2.75) is 19.8 Å². The predicted octanol–water partition coefficient (Wildman–Crippen LogP) is 1.46. The van der Waals surface area contributed by atoms with Crippen molar-refractivity contribution in [1.82, 2.24) is 4.90 Å². The van der Waals surface area contributed by atoms with E-state index in [9.17, 15) is 4.79 Å². The number of nitrogens with zero attached hydrogens (tertiary/aromatic N) is 1. The number of hydrogen-bond acceptors (Lipinski definition) is 2. The number of nitrogens with two attached hydrogens (primary N) is 1. The fourth-order valence-electron chi connectivity index (χ4n) is 1.41. The topological polar surface area (TPSA) is 46.3 Å². The van der Waals surface area contributed by atoms with Crippen LogP contribution in [0.3, 0.4) is 0 Å². The van der Waals surface area contributed by atoms with Crippen molar-refractivity contribution in [3.05, 3.63) is 29.3 Å². The lowest BCUT2D eigenvalue weighted by Crippen LogP contribution is -2.23. The Morgan fingerprint density at radius 1 is 1.40 bits per heavy atom. The van der Waals surface area contributed by atoms with Crippen LogP contribution in [-0.4, -0.2) is 24.9 Å². The van der Waals surface area contributed by atoms with Crippen LogP contribution >= 0.6 is 0 Å². The first-order valence-corrected chi connectivity index (χ1v) is 5.12. The summed E-state index contributed by atoms with van der Waals surface area (Å²) in [5.74, 6) is 0.113. The number of carbonyl (C=O) groups is 1. The SMILES string of the molecule is CCc1cc(CC(=O)N(C)C)ccc1N. The van der Waals surface area contributed by atoms with Crippen molar-refractivity contribution in [2.24, 2.45) is 0 Å². The van der Waals surface area contributed by atoms with E-state index in [-0.39, 0.29) is 5.91 Å². The van der Waals surface area contributed by atoms with Crippen LogP contribution in [0.1, 0.15) is 18.1 Å². The van der Waals surface area contributed by atoms with Gasteiger partial charge in [-0.1, -0.05) is 19.1 Å². The first-order valence-electron chi connectivity index (χ1n) is 5.12. The summed E-state index contributed by atoms with van der Waals surface area (Å²) in [7, 11) is 3.53. The van der Waals surface area contributed by atoms with Crippen LogP contribution in [0.2, 0.25) is 0 Å². The summed E-state index contributed by atoms with van der Waals surface area (Å²) in [6, 6.07) is 5.80. The number of anilines is 1. The van der Waals surface area contributed by atoms with Crippen LogP contribution in [0.15, 0.2) is 18.2 Å². The lowest BCUT2D eigenvalue weighted by Gasteiger charge is -2.11. The maximum absolute atomic E-state index is 11.5. The molecule has 0 radical (unpaired) electrons. The number of benzene rings is 1. The number of aryl methyl sites for hydroxylation is 1. The minimum atomic E-state index is 0.113. The molecule has 0 bridgehead atoms. The molecule has 2 N–H and O–H groups in total. The molecule has 1 amide bonds. The van der Waals surface area contributed by atoms with Crippen molar-refractivity contribution in [2.75, 3.05) is 19.8 Å². The van der Waals surface area contributed by atoms with Crippen molar-refractivity contribution >= 4 is 11.6 Å². The van der Waals surface area contributed by atoms with Crippen LogP contribution < -0.4 is 5.73 Å². The fourth-order valence-corrected chi connectivity index (χ4v) is 1.41. The molecule has 3 nitrogen and oxygen atoms in total. The molecule has 0 aliphatic heterocycles. The molecule has 0 unspecified atom stereocenters. The van der Waals surface area contributed by atoms with Crippen molar-refractivity contribution in [3.63, 3.8) is 0 Å². The number of carbonyl (C=O) groups excluding carboxylic acids is 1. The van der Waals surface area contributed by atoms with E-state index >= 15 is 0 Å². The Balaban J connectivity index is 2.83. The first-order chi connectivity index (χ1) is 7.04. The van der Waals surface area contributed by atoms with E-state index in [1.165, 1.54) is 0 Å². The molecule has 0 heterocycles. The number of likely N-dealkylation sites (N-methyl/N-ethyl adjacent to an activating group) is 1. The van der Waals surface area contributed by atoms with Gasteiger partial charge >= 0.3 is 0 Å². The molecule has 82 valence electrons. The van der Waals surface area contributed by atoms with Crippen LogP contribution in [-0.2, 0) is 17.6 Å². The van der Waals surface area contributed by atoms with E-state index in [4.69, 9.17) is 5.73 Å². The monoisotopic (exact) mass is 206 g/mol. The fraction of sp³-hybridized carbons (Fsp3) is 0.417. The largest absolute Gasteiger partial charge is 0.399 e. The van der Waals surface area contributed by atoms with Gasteiger partial charge in [-0.3, -0.25) is 4.79 Å². The van der Waals surface area contributed by atoms with Gasteiger partial charge in [0, 0.05) is 19.8 Å². The highest BCUT2D eigenvalue weighted by Crippen LogP contribution is 2.15. The van der Waals surface area contributed by atoms with Gasteiger partial charge in [0.2, 0.25) is 5.91 Å². The molecule has 0 spiro atoms. The molecule has 1 aromatic rings. The maximum atomic E-state index is 11.5. The second kappa shape index (κ2) is 4.82. The number of amides is 1. The second-order valence-corrected chi connectivity index (χ2v) is 3.85. The van der Waals surface area contributed by atoms with Gasteiger partial charge in [0.1, 0.15) is 0 Å². The summed E-state index contributed by atoms with van der Waals surface area (Å²) in [5.41, 5.74) is 8.74. The van der Waals surface area contributed by atoms with Gasteiger partial charge in [0.25, 0.3) is 0 Å². The molecular formula is C12H18N2O. The number of hydrogen-bond donors (Lipinski definition) is 1. The molecule has 1 aromatic carbocycles. The van der Waals surface area contributed by atoms with Gasteiger partial charge in [0.05, 0.1) is 6.42 Å². The van der Waals surface area contributed by atoms with Gasteiger partial charge in [-0.05, 0) is 23.6 Å². The molecule has 0 saturated heterocycles. The molecule has 0 aliphatic carbocycles. The van der Waals surface area contributed by atoms with E-state index in [2.05, 4.69) is 6.92 Å². The first kappa shape index (κ1) is 11.6. The summed E-state index contributed by atoms with van der Waals surface area (Å²) < 4.78 is 0. The van der Waals surface area contributed by atoms with Crippen LogP contribution in [0.25, 0.3) is 0 Å². The standard InChI is InChI=1S/C12H18N2O/c1-4-10-7-9(5-6-11(10)13)8-12(15)14(2)3/h5-7H,4,8,13H2,1-3H3. The Kier molecular flexibility index (Phi) is 3.72. The summed E-state index contributed by atoms with van der Waals surface area (Å²) in [6.07, 6.45) is 1.34. The highest BCUT2D eigenvalue weighted by atomic mass is 16.2. The number of rotatable bonds is 3. The zero-order chi connectivity index (χ0) is 11.4. The van der Waals surface area contributed by atoms with Gasteiger partial charge in [-0.2, -0.15) is 0 Å². The molecule has 0 aromatic heterocycles. The molecule has 3 heteroatoms. The summed E-state index contributed by atoms with van der Waals surface area (Å²) in [5, 5.41) is 0. The lowest BCUT2D eigenvalue weighted by molar-refractivity contribution is -0.127. The zero-order valence-electron chi connectivity index (χ0n) is 9.58. The molecule has 15 heavy (non-hydrogen) atoms. The highest BCUT2D eigenvalue weighted by Gasteiger charge is 2.06. The van der Waals surface area contributed by atoms with Crippen LogP contribution in [0.5, 0.6) is 0 Å². The second-order valence-electron chi connectivity index (χ2n) is 3.85. The summed E-state index contributed by atoms with van der Waals surface area (Å²) in [6.45, 7) is 2.06. The average Bonchev–Trinajstić information content (AvgIpc) is 2.20. The maximum Gasteiger partial charge on any atom is 0.226 e. The van der Waals surface area contributed by atoms with E-state index in [1.807, 2.05) is 18.2 Å². The summed E-state index contributed by atoms with van der Waals surface area (Å²) in [4.78, 5) is 13.1.